The van der Waals surface area contributed by atoms with Gasteiger partial charge in [-0.3, -0.25) is 4.79 Å². The first-order chi connectivity index (χ1) is 9.76. The molecule has 1 aromatic rings. The molecule has 3 nitrogen and oxygen atoms in total. The molecular formula is C15H20ClF3N2O. The first-order valence-corrected chi connectivity index (χ1v) is 6.92. The van der Waals surface area contributed by atoms with E-state index in [2.05, 4.69) is 5.32 Å². The van der Waals surface area contributed by atoms with Crippen molar-refractivity contribution in [3.05, 3.63) is 35.4 Å². The number of carbonyl (C=O) groups is 1. The second kappa shape index (κ2) is 6.87. The smallest absolute Gasteiger partial charge is 0.349 e. The van der Waals surface area contributed by atoms with Crippen LogP contribution in [0.15, 0.2) is 24.3 Å². The molecule has 1 amide bonds. The van der Waals surface area contributed by atoms with Crippen molar-refractivity contribution in [3.8, 4) is 0 Å². The minimum atomic E-state index is -4.45. The summed E-state index contributed by atoms with van der Waals surface area (Å²) in [6, 6.07) is 5.14. The van der Waals surface area contributed by atoms with E-state index in [0.29, 0.717) is 5.92 Å². The van der Waals surface area contributed by atoms with E-state index in [1.165, 1.54) is 18.2 Å². The summed E-state index contributed by atoms with van der Waals surface area (Å²) in [6.45, 7) is 2.13. The lowest BCUT2D eigenvalue weighted by Crippen LogP contribution is -2.53. The quantitative estimate of drug-likeness (QED) is 0.868. The van der Waals surface area contributed by atoms with E-state index < -0.39 is 23.2 Å². The number of nitrogens with one attached hydrogen (secondary N) is 1. The number of hydrogen-bond acceptors (Lipinski definition) is 2. The fourth-order valence-electron chi connectivity index (χ4n) is 2.53. The summed E-state index contributed by atoms with van der Waals surface area (Å²) < 4.78 is 38.7. The number of carbonyl (C=O) groups excluding carboxylic acids is 1. The Labute approximate surface area is 133 Å². The molecule has 22 heavy (non-hydrogen) atoms. The molecule has 1 aliphatic rings. The highest BCUT2D eigenvalue weighted by molar-refractivity contribution is 5.85. The maximum absolute atomic E-state index is 12.9. The molecule has 0 aliphatic heterocycles. The Morgan fingerprint density at radius 3 is 2.41 bits per heavy atom. The summed E-state index contributed by atoms with van der Waals surface area (Å²) in [7, 11) is 0. The molecule has 1 saturated carbocycles. The number of halogens is 4. The van der Waals surface area contributed by atoms with Gasteiger partial charge in [0.2, 0.25) is 5.91 Å². The molecule has 7 heteroatoms. The molecule has 0 heterocycles. The van der Waals surface area contributed by atoms with E-state index in [-0.39, 0.29) is 30.9 Å². The van der Waals surface area contributed by atoms with Crippen molar-refractivity contribution in [2.45, 2.75) is 37.9 Å². The lowest BCUT2D eigenvalue weighted by atomic mass is 9.95. The van der Waals surface area contributed by atoms with E-state index in [1.807, 2.05) is 6.92 Å². The third-order valence-electron chi connectivity index (χ3n) is 4.00. The van der Waals surface area contributed by atoms with Crippen LogP contribution >= 0.6 is 12.4 Å². The number of hydrogen-bond donors (Lipinski definition) is 2. The van der Waals surface area contributed by atoms with Crippen molar-refractivity contribution in [1.82, 2.24) is 5.32 Å². The fraction of sp³-hybridized carbons (Fsp3) is 0.533. The maximum Gasteiger partial charge on any atom is 0.416 e. The monoisotopic (exact) mass is 336 g/mol. The van der Waals surface area contributed by atoms with Crippen LogP contribution in [0.1, 0.15) is 30.9 Å². The van der Waals surface area contributed by atoms with Gasteiger partial charge >= 0.3 is 6.18 Å². The standard InChI is InChI=1S/C15H19F3N2O.ClH/c1-14(9-19,11-6-7-11)20-13(21)8-10-4-2-3-5-12(10)15(16,17)18;/h2-5,11H,6-9,19H2,1H3,(H,20,21);1H. The van der Waals surface area contributed by atoms with Crippen LogP contribution in [0.3, 0.4) is 0 Å². The normalized spacial score (nSPS) is 17.3. The first-order valence-electron chi connectivity index (χ1n) is 6.92. The SMILES string of the molecule is CC(CN)(NC(=O)Cc1ccccc1C(F)(F)F)C1CC1.Cl. The van der Waals surface area contributed by atoms with E-state index in [0.717, 1.165) is 18.9 Å². The summed E-state index contributed by atoms with van der Waals surface area (Å²) in [4.78, 5) is 12.1. The molecule has 1 unspecified atom stereocenters. The highest BCUT2D eigenvalue weighted by Crippen LogP contribution is 2.39. The Hall–Kier alpha value is -1.27. The van der Waals surface area contributed by atoms with Gasteiger partial charge in [-0.1, -0.05) is 18.2 Å². The molecule has 0 saturated heterocycles. The molecule has 1 aliphatic carbocycles. The van der Waals surface area contributed by atoms with Gasteiger partial charge in [0, 0.05) is 6.54 Å². The molecule has 1 fully saturated rings. The van der Waals surface area contributed by atoms with Crippen LogP contribution in [0.5, 0.6) is 0 Å². The molecule has 0 spiro atoms. The average molecular weight is 337 g/mol. The molecule has 3 N–H and O–H groups in total. The van der Waals surface area contributed by atoms with Crippen LogP contribution in [-0.4, -0.2) is 18.0 Å². The van der Waals surface area contributed by atoms with Crippen LogP contribution in [0.2, 0.25) is 0 Å². The van der Waals surface area contributed by atoms with Crippen LogP contribution < -0.4 is 11.1 Å². The second-order valence-electron chi connectivity index (χ2n) is 5.78. The van der Waals surface area contributed by atoms with Gasteiger partial charge in [0.05, 0.1) is 17.5 Å². The zero-order chi connectivity index (χ0) is 15.7. The van der Waals surface area contributed by atoms with Crippen LogP contribution in [-0.2, 0) is 17.4 Å². The second-order valence-corrected chi connectivity index (χ2v) is 5.78. The van der Waals surface area contributed by atoms with Gasteiger partial charge in [-0.25, -0.2) is 0 Å². The Morgan fingerprint density at radius 1 is 1.32 bits per heavy atom. The van der Waals surface area contributed by atoms with E-state index >= 15 is 0 Å². The largest absolute Gasteiger partial charge is 0.416 e. The Kier molecular flexibility index (Phi) is 5.87. The summed E-state index contributed by atoms with van der Waals surface area (Å²) in [5, 5.41) is 2.80. The van der Waals surface area contributed by atoms with Crippen LogP contribution in [0, 0.1) is 5.92 Å². The van der Waals surface area contributed by atoms with Crippen molar-refractivity contribution >= 4 is 18.3 Å². The molecule has 2 rings (SSSR count). The van der Waals surface area contributed by atoms with Gasteiger partial charge in [0.15, 0.2) is 0 Å². The minimum Gasteiger partial charge on any atom is -0.349 e. The Balaban J connectivity index is 0.00000242. The number of rotatable bonds is 5. The topological polar surface area (TPSA) is 55.1 Å². The predicted octanol–water partition coefficient (Wildman–Crippen LogP) is 2.91. The molecule has 124 valence electrons. The molecule has 1 aromatic carbocycles. The van der Waals surface area contributed by atoms with E-state index in [4.69, 9.17) is 5.73 Å². The van der Waals surface area contributed by atoms with Gasteiger partial charge in [0.1, 0.15) is 0 Å². The minimum absolute atomic E-state index is 0. The first kappa shape index (κ1) is 18.8. The summed E-state index contributed by atoms with van der Waals surface area (Å²) in [6.07, 6.45) is -2.76. The van der Waals surface area contributed by atoms with Crippen LogP contribution in [0.4, 0.5) is 13.2 Å². The molecule has 1 atom stereocenters. The van der Waals surface area contributed by atoms with Crippen molar-refractivity contribution in [1.29, 1.82) is 0 Å². The lowest BCUT2D eigenvalue weighted by molar-refractivity contribution is -0.138. The predicted molar refractivity (Wildman–Crippen MR) is 80.7 cm³/mol. The molecule has 0 aromatic heterocycles. The third-order valence-corrected chi connectivity index (χ3v) is 4.00. The summed E-state index contributed by atoms with van der Waals surface area (Å²) in [5.41, 5.74) is 4.39. The maximum atomic E-state index is 12.9. The number of amides is 1. The molecular weight excluding hydrogens is 317 g/mol. The molecule has 0 radical (unpaired) electrons. The lowest BCUT2D eigenvalue weighted by Gasteiger charge is -2.29. The average Bonchev–Trinajstić information content (AvgIpc) is 3.22. The van der Waals surface area contributed by atoms with Gasteiger partial charge in [-0.15, -0.1) is 12.4 Å². The third kappa shape index (κ3) is 4.36. The Bertz CT molecular complexity index is 532. The number of nitrogens with two attached hydrogens (primary N) is 1. The highest BCUT2D eigenvalue weighted by atomic mass is 35.5. The van der Waals surface area contributed by atoms with Gasteiger partial charge < -0.3 is 11.1 Å². The number of benzene rings is 1. The van der Waals surface area contributed by atoms with Crippen molar-refractivity contribution in [2.75, 3.05) is 6.54 Å². The van der Waals surface area contributed by atoms with Crippen LogP contribution in [0.25, 0.3) is 0 Å². The molecule has 0 bridgehead atoms. The van der Waals surface area contributed by atoms with Gasteiger partial charge in [-0.2, -0.15) is 13.2 Å². The van der Waals surface area contributed by atoms with Crippen molar-refractivity contribution in [2.24, 2.45) is 11.7 Å². The van der Waals surface area contributed by atoms with Crippen molar-refractivity contribution in [3.63, 3.8) is 0 Å². The fourth-order valence-corrected chi connectivity index (χ4v) is 2.53. The number of alkyl halides is 3. The highest BCUT2D eigenvalue weighted by Gasteiger charge is 2.41. The van der Waals surface area contributed by atoms with Gasteiger partial charge in [0.25, 0.3) is 0 Å². The van der Waals surface area contributed by atoms with Gasteiger partial charge in [-0.05, 0) is 37.3 Å². The van der Waals surface area contributed by atoms with Crippen molar-refractivity contribution < 1.29 is 18.0 Å². The summed E-state index contributed by atoms with van der Waals surface area (Å²) in [5.74, 6) is -0.101. The van der Waals surface area contributed by atoms with E-state index in [9.17, 15) is 18.0 Å². The summed E-state index contributed by atoms with van der Waals surface area (Å²) >= 11 is 0. The van der Waals surface area contributed by atoms with E-state index in [1.54, 1.807) is 0 Å². The zero-order valence-corrected chi connectivity index (χ0v) is 13.1. The zero-order valence-electron chi connectivity index (χ0n) is 12.2. The Morgan fingerprint density at radius 2 is 1.91 bits per heavy atom.